The first-order chi connectivity index (χ1) is 15.3. The molecule has 0 saturated heterocycles. The average molecular weight is 476 g/mol. The summed E-state index contributed by atoms with van der Waals surface area (Å²) in [4.78, 5) is 30.7. The summed E-state index contributed by atoms with van der Waals surface area (Å²) in [5, 5.41) is 5.89. The van der Waals surface area contributed by atoms with E-state index in [0.717, 1.165) is 0 Å². The van der Waals surface area contributed by atoms with Crippen molar-refractivity contribution in [2.75, 3.05) is 18.1 Å². The number of halogens is 2. The van der Waals surface area contributed by atoms with Crippen molar-refractivity contribution in [1.82, 2.24) is 10.2 Å². The Labute approximate surface area is 196 Å². The molecule has 0 spiro atoms. The largest absolute Gasteiger partial charge is 0.444 e. The molecule has 176 valence electrons. The first kappa shape index (κ1) is 24.3. The minimum atomic E-state index is -1.27. The molecule has 2 aromatic carbocycles. The van der Waals surface area contributed by atoms with Crippen molar-refractivity contribution in [3.8, 4) is 0 Å². The third-order valence-corrected chi connectivity index (χ3v) is 5.25. The lowest BCUT2D eigenvalue weighted by molar-refractivity contribution is -0.128. The van der Waals surface area contributed by atoms with E-state index in [9.17, 15) is 9.59 Å². The van der Waals surface area contributed by atoms with Crippen molar-refractivity contribution in [2.24, 2.45) is 4.99 Å². The number of aliphatic imine (C=N–C) groups is 1. The Balaban J connectivity index is 1.97. The molecule has 1 aliphatic heterocycles. The average Bonchev–Trinajstić information content (AvgIpc) is 2.68. The standard InChI is InChI=1S/C23H27ClFN5O3/c1-22(2,3)33-21(32)28-20-29-23(4,12-18(31)30(20)5)14-7-6-8-16(19(14)25)27-17-11-13(24)9-10-15(17)26/h6-11,27H,12,26H2,1-5H3,(H,28,29,32)/t23-/m0/s1. The van der Waals surface area contributed by atoms with Crippen LogP contribution in [0, 0.1) is 5.82 Å². The highest BCUT2D eigenvalue weighted by Crippen LogP contribution is 2.38. The smallest absolute Gasteiger partial charge is 0.414 e. The molecular weight excluding hydrogens is 449 g/mol. The van der Waals surface area contributed by atoms with Crippen LogP contribution in [0.4, 0.5) is 26.2 Å². The summed E-state index contributed by atoms with van der Waals surface area (Å²) < 4.78 is 20.9. The Kier molecular flexibility index (Phi) is 6.56. The van der Waals surface area contributed by atoms with Gasteiger partial charge in [0, 0.05) is 17.6 Å². The predicted octanol–water partition coefficient (Wildman–Crippen LogP) is 4.76. The molecule has 33 heavy (non-hydrogen) atoms. The summed E-state index contributed by atoms with van der Waals surface area (Å²) in [6.45, 7) is 6.78. The minimum absolute atomic E-state index is 0.0279. The predicted molar refractivity (Wildman–Crippen MR) is 127 cm³/mol. The maximum Gasteiger partial charge on any atom is 0.414 e. The van der Waals surface area contributed by atoms with Crippen LogP contribution in [0.1, 0.15) is 39.7 Å². The molecule has 2 amide bonds. The van der Waals surface area contributed by atoms with Crippen LogP contribution in [0.25, 0.3) is 0 Å². The molecule has 10 heteroatoms. The summed E-state index contributed by atoms with van der Waals surface area (Å²) in [6, 6.07) is 9.57. The van der Waals surface area contributed by atoms with Crippen LogP contribution in [0.2, 0.25) is 5.02 Å². The summed E-state index contributed by atoms with van der Waals surface area (Å²) in [5.41, 5.74) is 5.13. The highest BCUT2D eigenvalue weighted by atomic mass is 35.5. The summed E-state index contributed by atoms with van der Waals surface area (Å²) in [5.74, 6) is -0.965. The number of hydrogen-bond acceptors (Lipinski definition) is 6. The zero-order valence-electron chi connectivity index (χ0n) is 19.1. The van der Waals surface area contributed by atoms with Crippen LogP contribution >= 0.6 is 11.6 Å². The molecule has 4 N–H and O–H groups in total. The normalized spacial score (nSPS) is 18.6. The zero-order chi connectivity index (χ0) is 24.6. The fraction of sp³-hybridized carbons (Fsp3) is 0.348. The highest BCUT2D eigenvalue weighted by molar-refractivity contribution is 6.31. The van der Waals surface area contributed by atoms with Gasteiger partial charge >= 0.3 is 6.09 Å². The van der Waals surface area contributed by atoms with Crippen LogP contribution in [-0.2, 0) is 15.1 Å². The molecule has 0 bridgehead atoms. The summed E-state index contributed by atoms with van der Waals surface area (Å²) >= 11 is 6.03. The van der Waals surface area contributed by atoms with E-state index in [1.165, 1.54) is 11.9 Å². The topological polar surface area (TPSA) is 109 Å². The van der Waals surface area contributed by atoms with Gasteiger partial charge in [0.15, 0.2) is 5.82 Å². The van der Waals surface area contributed by atoms with Crippen molar-refractivity contribution in [2.45, 2.75) is 45.3 Å². The van der Waals surface area contributed by atoms with E-state index in [1.807, 2.05) is 0 Å². The highest BCUT2D eigenvalue weighted by Gasteiger charge is 2.40. The Morgan fingerprint density at radius 2 is 1.97 bits per heavy atom. The number of alkyl carbamates (subject to hydrolysis) is 1. The van der Waals surface area contributed by atoms with Crippen LogP contribution in [0.15, 0.2) is 41.4 Å². The molecule has 0 radical (unpaired) electrons. The fourth-order valence-corrected chi connectivity index (χ4v) is 3.54. The van der Waals surface area contributed by atoms with Gasteiger partial charge < -0.3 is 15.8 Å². The second-order valence-corrected chi connectivity index (χ2v) is 9.43. The van der Waals surface area contributed by atoms with E-state index in [1.54, 1.807) is 64.1 Å². The van der Waals surface area contributed by atoms with Crippen molar-refractivity contribution >= 4 is 46.6 Å². The molecule has 0 aliphatic carbocycles. The van der Waals surface area contributed by atoms with Crippen LogP contribution in [0.5, 0.6) is 0 Å². The molecule has 1 aliphatic rings. The maximum atomic E-state index is 15.6. The fourth-order valence-electron chi connectivity index (χ4n) is 3.37. The monoisotopic (exact) mass is 475 g/mol. The van der Waals surface area contributed by atoms with Gasteiger partial charge in [-0.2, -0.15) is 0 Å². The Morgan fingerprint density at radius 1 is 1.27 bits per heavy atom. The third-order valence-electron chi connectivity index (χ3n) is 5.02. The molecule has 3 rings (SSSR count). The summed E-state index contributed by atoms with van der Waals surface area (Å²) in [7, 11) is 1.48. The maximum absolute atomic E-state index is 15.6. The van der Waals surface area contributed by atoms with Gasteiger partial charge in [-0.1, -0.05) is 23.7 Å². The van der Waals surface area contributed by atoms with Gasteiger partial charge in [-0.3, -0.25) is 15.0 Å². The third kappa shape index (κ3) is 5.54. The molecule has 8 nitrogen and oxygen atoms in total. The van der Waals surface area contributed by atoms with E-state index in [-0.39, 0.29) is 29.5 Å². The molecule has 1 atom stereocenters. The number of anilines is 3. The van der Waals surface area contributed by atoms with Crippen molar-refractivity contribution in [1.29, 1.82) is 0 Å². The van der Waals surface area contributed by atoms with E-state index in [0.29, 0.717) is 16.4 Å². The van der Waals surface area contributed by atoms with Crippen molar-refractivity contribution in [3.05, 3.63) is 52.8 Å². The Hall–Kier alpha value is -3.33. The molecule has 0 aromatic heterocycles. The van der Waals surface area contributed by atoms with Gasteiger partial charge in [0.1, 0.15) is 5.60 Å². The number of nitrogen functional groups attached to an aromatic ring is 1. The second kappa shape index (κ2) is 8.90. The Morgan fingerprint density at radius 3 is 2.64 bits per heavy atom. The number of carbonyl (C=O) groups is 2. The van der Waals surface area contributed by atoms with Crippen molar-refractivity contribution < 1.29 is 18.7 Å². The molecule has 0 saturated carbocycles. The first-order valence-corrected chi connectivity index (χ1v) is 10.6. The van der Waals surface area contributed by atoms with Crippen LogP contribution in [-0.4, -0.2) is 35.5 Å². The number of nitrogens with two attached hydrogens (primary N) is 1. The number of benzene rings is 2. The van der Waals surface area contributed by atoms with Crippen LogP contribution in [0.3, 0.4) is 0 Å². The first-order valence-electron chi connectivity index (χ1n) is 10.3. The number of hydrogen-bond donors (Lipinski definition) is 3. The zero-order valence-corrected chi connectivity index (χ0v) is 19.9. The lowest BCUT2D eigenvalue weighted by Gasteiger charge is -2.35. The molecule has 0 fully saturated rings. The van der Waals surface area contributed by atoms with E-state index in [2.05, 4.69) is 15.6 Å². The number of amides is 2. The van der Waals surface area contributed by atoms with Gasteiger partial charge in [0.05, 0.1) is 29.0 Å². The molecule has 2 aromatic rings. The van der Waals surface area contributed by atoms with E-state index >= 15 is 4.39 Å². The summed E-state index contributed by atoms with van der Waals surface area (Å²) in [6.07, 6.45) is -0.861. The molecule has 0 unspecified atom stereocenters. The lowest BCUT2D eigenvalue weighted by Crippen LogP contribution is -2.52. The number of carbonyl (C=O) groups excluding carboxylic acids is 2. The number of nitrogens with one attached hydrogen (secondary N) is 2. The van der Waals surface area contributed by atoms with E-state index < -0.39 is 23.1 Å². The van der Waals surface area contributed by atoms with Crippen molar-refractivity contribution in [3.63, 3.8) is 0 Å². The van der Waals surface area contributed by atoms with Gasteiger partial charge in [0.25, 0.3) is 0 Å². The molecule has 1 heterocycles. The number of ether oxygens (including phenoxy) is 1. The van der Waals surface area contributed by atoms with Gasteiger partial charge in [0.2, 0.25) is 11.9 Å². The van der Waals surface area contributed by atoms with E-state index in [4.69, 9.17) is 22.1 Å². The number of guanidine groups is 1. The van der Waals surface area contributed by atoms with Gasteiger partial charge in [-0.25, -0.2) is 14.2 Å². The quantitative estimate of drug-likeness (QED) is 0.554. The van der Waals surface area contributed by atoms with Gasteiger partial charge in [-0.05, 0) is 52.0 Å². The minimum Gasteiger partial charge on any atom is -0.444 e. The second-order valence-electron chi connectivity index (χ2n) is 8.99. The number of nitrogens with zero attached hydrogens (tertiary/aromatic N) is 2. The molecular formula is C23H27ClFN5O3. The number of rotatable bonds is 3. The van der Waals surface area contributed by atoms with Crippen LogP contribution < -0.4 is 16.4 Å². The Bertz CT molecular complexity index is 1130. The van der Waals surface area contributed by atoms with Gasteiger partial charge in [-0.15, -0.1) is 0 Å². The lowest BCUT2D eigenvalue weighted by atomic mass is 9.87. The SMILES string of the molecule is CN1C(=O)C[C@@](C)(c2cccc(Nc3cc(Cl)ccc3N)c2F)N=C1NC(=O)OC(C)(C)C.